The van der Waals surface area contributed by atoms with Gasteiger partial charge >= 0.3 is 0 Å². The van der Waals surface area contributed by atoms with Gasteiger partial charge < -0.3 is 19.1 Å². The second kappa shape index (κ2) is 10.7. The van der Waals surface area contributed by atoms with Gasteiger partial charge in [0.2, 0.25) is 0 Å². The van der Waals surface area contributed by atoms with Gasteiger partial charge in [0.15, 0.2) is 11.3 Å². The summed E-state index contributed by atoms with van der Waals surface area (Å²) < 4.78 is 11.5. The van der Waals surface area contributed by atoms with E-state index in [0.29, 0.717) is 16.7 Å². The molecule has 1 amide bonds. The number of hydrogen-bond donors (Lipinski definition) is 1. The number of nitrogens with zero attached hydrogens (tertiary/aromatic N) is 2. The normalized spacial score (nSPS) is 12.6. The highest BCUT2D eigenvalue weighted by Crippen LogP contribution is 2.27. The number of hydrogen-bond acceptors (Lipinski definition) is 6. The van der Waals surface area contributed by atoms with Crippen molar-refractivity contribution in [1.29, 1.82) is 0 Å². The van der Waals surface area contributed by atoms with Crippen LogP contribution in [0.15, 0.2) is 44.4 Å². The van der Waals surface area contributed by atoms with Crippen LogP contribution < -0.4 is 5.32 Å². The molecule has 0 fully saturated rings. The quantitative estimate of drug-likeness (QED) is 0.419. The van der Waals surface area contributed by atoms with Gasteiger partial charge in [-0.2, -0.15) is 0 Å². The Kier molecular flexibility index (Phi) is 7.99. The van der Waals surface area contributed by atoms with Crippen LogP contribution in [0.2, 0.25) is 0 Å². The van der Waals surface area contributed by atoms with E-state index in [1.807, 2.05) is 38.1 Å². The molecule has 0 saturated heterocycles. The number of aromatic nitrogens is 1. The maximum Gasteiger partial charge on any atom is 0.287 e. The molecule has 0 unspecified atom stereocenters. The van der Waals surface area contributed by atoms with E-state index < -0.39 is 0 Å². The summed E-state index contributed by atoms with van der Waals surface area (Å²) in [5.74, 6) is 1.45. The van der Waals surface area contributed by atoms with Crippen molar-refractivity contribution in [3.8, 4) is 0 Å². The fourth-order valence-corrected chi connectivity index (χ4v) is 4.05. The summed E-state index contributed by atoms with van der Waals surface area (Å²) in [7, 11) is 0. The van der Waals surface area contributed by atoms with E-state index >= 15 is 0 Å². The number of amides is 1. The van der Waals surface area contributed by atoms with E-state index in [4.69, 9.17) is 8.83 Å². The summed E-state index contributed by atoms with van der Waals surface area (Å²) in [6, 6.07) is 9.61. The molecule has 1 N–H and O–H groups in total. The molecular formula is C23H31N3O3S. The summed E-state index contributed by atoms with van der Waals surface area (Å²) in [5.41, 5.74) is 2.78. The van der Waals surface area contributed by atoms with Crippen molar-refractivity contribution in [2.24, 2.45) is 0 Å². The Morgan fingerprint density at radius 2 is 2.00 bits per heavy atom. The van der Waals surface area contributed by atoms with E-state index in [1.165, 1.54) is 11.8 Å². The molecule has 7 heteroatoms. The Hall–Kier alpha value is -2.25. The van der Waals surface area contributed by atoms with E-state index in [9.17, 15) is 4.79 Å². The fraction of sp³-hybridized carbons (Fsp3) is 0.478. The Labute approximate surface area is 182 Å². The van der Waals surface area contributed by atoms with Crippen molar-refractivity contribution in [2.75, 3.05) is 19.6 Å². The average molecular weight is 430 g/mol. The van der Waals surface area contributed by atoms with Gasteiger partial charge in [0, 0.05) is 6.04 Å². The van der Waals surface area contributed by atoms with Gasteiger partial charge in [0.25, 0.3) is 11.1 Å². The van der Waals surface area contributed by atoms with Gasteiger partial charge in [-0.05, 0) is 76.2 Å². The molecule has 2 heterocycles. The molecular weight excluding hydrogens is 398 g/mol. The van der Waals surface area contributed by atoms with Crippen LogP contribution in [0.5, 0.6) is 0 Å². The molecule has 0 radical (unpaired) electrons. The molecule has 2 aromatic heterocycles. The largest absolute Gasteiger partial charge is 0.455 e. The Bertz CT molecular complexity index is 962. The lowest BCUT2D eigenvalue weighted by Crippen LogP contribution is -2.33. The molecule has 3 rings (SSSR count). The van der Waals surface area contributed by atoms with E-state index in [2.05, 4.69) is 29.0 Å². The topological polar surface area (TPSA) is 71.5 Å². The van der Waals surface area contributed by atoms with Crippen LogP contribution in [0, 0.1) is 6.92 Å². The zero-order valence-electron chi connectivity index (χ0n) is 18.2. The summed E-state index contributed by atoms with van der Waals surface area (Å²) in [6.07, 6.45) is 2.01. The van der Waals surface area contributed by atoms with Crippen molar-refractivity contribution < 1.29 is 13.6 Å². The fourth-order valence-electron chi connectivity index (χ4n) is 3.32. The number of oxazole rings is 1. The molecule has 1 atom stereocenters. The summed E-state index contributed by atoms with van der Waals surface area (Å²) >= 11 is 1.45. The minimum absolute atomic E-state index is 0.110. The second-order valence-electron chi connectivity index (χ2n) is 7.55. The van der Waals surface area contributed by atoms with Crippen LogP contribution in [-0.2, 0) is 5.75 Å². The first kappa shape index (κ1) is 22.4. The minimum Gasteiger partial charge on any atom is -0.455 e. The highest BCUT2D eigenvalue weighted by Gasteiger charge is 2.15. The number of carbonyl (C=O) groups is 1. The molecule has 162 valence electrons. The highest BCUT2D eigenvalue weighted by molar-refractivity contribution is 7.98. The molecule has 0 bridgehead atoms. The lowest BCUT2D eigenvalue weighted by Gasteiger charge is -2.19. The van der Waals surface area contributed by atoms with Crippen LogP contribution in [0.1, 0.15) is 55.5 Å². The predicted molar refractivity (Wildman–Crippen MR) is 121 cm³/mol. The Balaban J connectivity index is 1.47. The molecule has 1 aromatic carbocycles. The lowest BCUT2D eigenvalue weighted by atomic mass is 10.1. The van der Waals surface area contributed by atoms with Gasteiger partial charge in [-0.25, -0.2) is 4.98 Å². The average Bonchev–Trinajstić information content (AvgIpc) is 3.36. The van der Waals surface area contributed by atoms with Crippen molar-refractivity contribution in [2.45, 2.75) is 57.6 Å². The number of furan rings is 1. The standard InChI is InChI=1S/C23H31N3O3S/c1-5-26(6-2)13-7-8-17(4)24-22(27)21-12-10-18(28-21)15-30-23-25-19-14-16(3)9-11-20(19)29-23/h9-12,14,17H,5-8,13,15H2,1-4H3,(H,24,27)/t17-/m0/s1. The Morgan fingerprint density at radius 1 is 1.20 bits per heavy atom. The number of nitrogens with one attached hydrogen (secondary N) is 1. The van der Waals surface area contributed by atoms with Crippen molar-refractivity contribution >= 4 is 28.8 Å². The van der Waals surface area contributed by atoms with Crippen LogP contribution in [0.4, 0.5) is 0 Å². The molecule has 30 heavy (non-hydrogen) atoms. The van der Waals surface area contributed by atoms with Crippen LogP contribution in [0.3, 0.4) is 0 Å². The smallest absolute Gasteiger partial charge is 0.287 e. The van der Waals surface area contributed by atoms with Crippen LogP contribution in [0.25, 0.3) is 11.1 Å². The number of thioether (sulfide) groups is 1. The molecule has 0 saturated carbocycles. The SMILES string of the molecule is CCN(CC)CCC[C@H](C)NC(=O)c1ccc(CSc2nc3cc(C)ccc3o2)o1. The first-order valence-corrected chi connectivity index (χ1v) is 11.6. The van der Waals surface area contributed by atoms with Gasteiger partial charge in [0.05, 0.1) is 5.75 Å². The second-order valence-corrected chi connectivity index (χ2v) is 8.48. The monoisotopic (exact) mass is 429 g/mol. The first-order valence-electron chi connectivity index (χ1n) is 10.6. The predicted octanol–water partition coefficient (Wildman–Crippen LogP) is 5.26. The molecule has 6 nitrogen and oxygen atoms in total. The zero-order chi connectivity index (χ0) is 21.5. The number of fused-ring (bicyclic) bond motifs is 1. The third-order valence-corrected chi connectivity index (χ3v) is 5.98. The van der Waals surface area contributed by atoms with Gasteiger partial charge in [-0.15, -0.1) is 0 Å². The first-order chi connectivity index (χ1) is 14.5. The minimum atomic E-state index is -0.168. The van der Waals surface area contributed by atoms with Gasteiger partial charge in [-0.1, -0.05) is 31.7 Å². The number of aryl methyl sites for hydroxylation is 1. The molecule has 0 spiro atoms. The van der Waals surface area contributed by atoms with Crippen LogP contribution >= 0.6 is 11.8 Å². The van der Waals surface area contributed by atoms with Crippen molar-refractivity contribution in [3.05, 3.63) is 47.4 Å². The van der Waals surface area contributed by atoms with E-state index in [0.717, 1.165) is 54.9 Å². The van der Waals surface area contributed by atoms with Crippen molar-refractivity contribution in [3.63, 3.8) is 0 Å². The zero-order valence-corrected chi connectivity index (χ0v) is 19.1. The highest BCUT2D eigenvalue weighted by atomic mass is 32.2. The van der Waals surface area contributed by atoms with Crippen molar-refractivity contribution in [1.82, 2.24) is 15.2 Å². The van der Waals surface area contributed by atoms with E-state index in [-0.39, 0.29) is 11.9 Å². The third-order valence-electron chi connectivity index (χ3n) is 5.13. The molecule has 0 aliphatic carbocycles. The third kappa shape index (κ3) is 6.12. The summed E-state index contributed by atoms with van der Waals surface area (Å²) in [6.45, 7) is 11.6. The maximum absolute atomic E-state index is 12.4. The number of rotatable bonds is 11. The number of carbonyl (C=O) groups excluding carboxylic acids is 1. The molecule has 0 aliphatic rings. The summed E-state index contributed by atoms with van der Waals surface area (Å²) in [4.78, 5) is 19.3. The molecule has 3 aromatic rings. The molecule has 0 aliphatic heterocycles. The number of benzene rings is 1. The van der Waals surface area contributed by atoms with Gasteiger partial charge in [0.1, 0.15) is 11.3 Å². The van der Waals surface area contributed by atoms with Crippen LogP contribution in [-0.4, -0.2) is 41.5 Å². The lowest BCUT2D eigenvalue weighted by molar-refractivity contribution is 0.0908. The maximum atomic E-state index is 12.4. The summed E-state index contributed by atoms with van der Waals surface area (Å²) in [5, 5.41) is 3.62. The van der Waals surface area contributed by atoms with E-state index in [1.54, 1.807) is 6.07 Å². The van der Waals surface area contributed by atoms with Gasteiger partial charge in [-0.3, -0.25) is 4.79 Å². The Morgan fingerprint density at radius 3 is 2.77 bits per heavy atom.